The van der Waals surface area contributed by atoms with Gasteiger partial charge < -0.3 is 15.5 Å². The van der Waals surface area contributed by atoms with Gasteiger partial charge in [0.1, 0.15) is 11.9 Å². The molecule has 0 spiro atoms. The van der Waals surface area contributed by atoms with Crippen molar-refractivity contribution in [2.45, 2.75) is 44.8 Å². The first-order valence-electron chi connectivity index (χ1n) is 10.9. The number of hydrogen-bond donors (Lipinski definition) is 2. The molecule has 1 unspecified atom stereocenters. The second kappa shape index (κ2) is 8.02. The van der Waals surface area contributed by atoms with Crippen molar-refractivity contribution in [2.24, 2.45) is 0 Å². The van der Waals surface area contributed by atoms with Crippen LogP contribution in [-0.2, 0) is 11.3 Å². The zero-order valence-corrected chi connectivity index (χ0v) is 17.6. The smallest absolute Gasteiger partial charge is 0.252 e. The van der Waals surface area contributed by atoms with Crippen LogP contribution in [0.1, 0.15) is 40.7 Å². The third-order valence-corrected chi connectivity index (χ3v) is 5.99. The van der Waals surface area contributed by atoms with E-state index in [1.54, 1.807) is 6.07 Å². The predicted octanol–water partition coefficient (Wildman–Crippen LogP) is 3.65. The van der Waals surface area contributed by atoms with Gasteiger partial charge >= 0.3 is 0 Å². The molecule has 2 amide bonds. The molecule has 158 valence electrons. The lowest BCUT2D eigenvalue weighted by Crippen LogP contribution is -2.33. The number of nitrogens with zero attached hydrogens (tertiary/aromatic N) is 2. The number of likely N-dealkylation sites (tertiary alicyclic amines) is 1. The zero-order chi connectivity index (χ0) is 21.4. The van der Waals surface area contributed by atoms with Crippen molar-refractivity contribution in [3.05, 3.63) is 71.3 Å². The van der Waals surface area contributed by atoms with E-state index in [2.05, 4.69) is 46.8 Å². The van der Waals surface area contributed by atoms with Gasteiger partial charge in [-0.15, -0.1) is 0 Å². The van der Waals surface area contributed by atoms with Gasteiger partial charge in [-0.25, -0.2) is 4.98 Å². The molecule has 0 radical (unpaired) electrons. The Morgan fingerprint density at radius 1 is 1.10 bits per heavy atom. The number of aromatic nitrogens is 1. The van der Waals surface area contributed by atoms with Crippen LogP contribution in [0.3, 0.4) is 0 Å². The molecule has 1 atom stereocenters. The number of aryl methyl sites for hydroxylation is 1. The number of carbonyl (C=O) groups is 2. The number of carbonyl (C=O) groups excluding carboxylic acids is 2. The second-order valence-corrected chi connectivity index (χ2v) is 8.55. The number of fused-ring (bicyclic) bond motifs is 1. The van der Waals surface area contributed by atoms with E-state index < -0.39 is 0 Å². The summed E-state index contributed by atoms with van der Waals surface area (Å²) in [7, 11) is 0. The second-order valence-electron chi connectivity index (χ2n) is 8.55. The van der Waals surface area contributed by atoms with Gasteiger partial charge in [0.25, 0.3) is 5.91 Å². The molecule has 1 aliphatic carbocycles. The molecule has 2 aromatic carbocycles. The van der Waals surface area contributed by atoms with Crippen LogP contribution in [0.25, 0.3) is 10.9 Å². The van der Waals surface area contributed by atoms with Crippen molar-refractivity contribution in [1.29, 1.82) is 0 Å². The van der Waals surface area contributed by atoms with E-state index in [9.17, 15) is 9.59 Å². The molecule has 2 fully saturated rings. The van der Waals surface area contributed by atoms with Gasteiger partial charge in [0.15, 0.2) is 0 Å². The Balaban J connectivity index is 1.34. The van der Waals surface area contributed by atoms with Crippen molar-refractivity contribution in [2.75, 3.05) is 11.9 Å². The van der Waals surface area contributed by atoms with E-state index in [0.717, 1.165) is 29.3 Å². The van der Waals surface area contributed by atoms with Gasteiger partial charge in [-0.1, -0.05) is 48.0 Å². The van der Waals surface area contributed by atoms with E-state index in [1.807, 2.05) is 29.2 Å². The number of para-hydroxylation sites is 1. The van der Waals surface area contributed by atoms with Crippen molar-refractivity contribution in [1.82, 2.24) is 15.2 Å². The van der Waals surface area contributed by atoms with Gasteiger partial charge in [-0.2, -0.15) is 0 Å². The van der Waals surface area contributed by atoms with Crippen LogP contribution in [0, 0.1) is 6.92 Å². The lowest BCUT2D eigenvalue weighted by molar-refractivity contribution is -0.128. The van der Waals surface area contributed by atoms with Crippen molar-refractivity contribution in [3.8, 4) is 0 Å². The molecule has 31 heavy (non-hydrogen) atoms. The minimum absolute atomic E-state index is 0.0690. The average molecular weight is 415 g/mol. The Labute approximate surface area is 181 Å². The summed E-state index contributed by atoms with van der Waals surface area (Å²) in [4.78, 5) is 32.3. The van der Waals surface area contributed by atoms with Gasteiger partial charge in [0.2, 0.25) is 5.91 Å². The summed E-state index contributed by atoms with van der Waals surface area (Å²) in [6.45, 7) is 3.37. The summed E-state index contributed by atoms with van der Waals surface area (Å²) in [6, 6.07) is 17.6. The van der Waals surface area contributed by atoms with Gasteiger partial charge in [0.05, 0.1) is 11.1 Å². The Hall–Kier alpha value is -3.41. The van der Waals surface area contributed by atoms with Crippen molar-refractivity contribution < 1.29 is 9.59 Å². The minimum atomic E-state index is -0.335. The number of amides is 2. The highest BCUT2D eigenvalue weighted by Crippen LogP contribution is 2.25. The van der Waals surface area contributed by atoms with Crippen LogP contribution in [0.2, 0.25) is 0 Å². The third-order valence-electron chi connectivity index (χ3n) is 5.99. The fraction of sp³-hybridized carbons (Fsp3) is 0.320. The zero-order valence-electron chi connectivity index (χ0n) is 17.6. The third kappa shape index (κ3) is 4.24. The topological polar surface area (TPSA) is 74.3 Å². The van der Waals surface area contributed by atoms with E-state index in [4.69, 9.17) is 0 Å². The number of hydrogen-bond acceptors (Lipinski definition) is 4. The lowest BCUT2D eigenvalue weighted by atomic mass is 10.1. The van der Waals surface area contributed by atoms with Crippen LogP contribution in [0.5, 0.6) is 0 Å². The molecule has 2 heterocycles. The summed E-state index contributed by atoms with van der Waals surface area (Å²) in [5.41, 5.74) is 3.68. The largest absolute Gasteiger partial charge is 0.358 e. The highest BCUT2D eigenvalue weighted by Gasteiger charge is 2.32. The number of anilines is 1. The summed E-state index contributed by atoms with van der Waals surface area (Å²) < 4.78 is 0. The van der Waals surface area contributed by atoms with Gasteiger partial charge in [-0.05, 0) is 43.9 Å². The molecule has 1 saturated carbocycles. The fourth-order valence-electron chi connectivity index (χ4n) is 4.05. The van der Waals surface area contributed by atoms with E-state index in [0.29, 0.717) is 30.9 Å². The summed E-state index contributed by atoms with van der Waals surface area (Å²) >= 11 is 0. The summed E-state index contributed by atoms with van der Waals surface area (Å²) in [5.74, 6) is 0.553. The van der Waals surface area contributed by atoms with Crippen molar-refractivity contribution >= 4 is 28.5 Å². The standard InChI is InChI=1S/C25H26N4O2/c1-16-6-8-17(9-7-16)15-29-13-12-22(25(29)31)28-23-14-20(24(30)26-18-10-11-18)19-4-2-3-5-21(19)27-23/h2-9,14,18,22H,10-13,15H2,1H3,(H,26,30)(H,27,28). The van der Waals surface area contributed by atoms with Gasteiger partial charge in [0, 0.05) is 24.5 Å². The first-order valence-corrected chi connectivity index (χ1v) is 10.9. The van der Waals surface area contributed by atoms with Crippen LogP contribution in [0.4, 0.5) is 5.82 Å². The van der Waals surface area contributed by atoms with Gasteiger partial charge in [-0.3, -0.25) is 9.59 Å². The quantitative estimate of drug-likeness (QED) is 0.646. The summed E-state index contributed by atoms with van der Waals surface area (Å²) in [5, 5.41) is 7.17. The molecule has 2 N–H and O–H groups in total. The molecular weight excluding hydrogens is 388 g/mol. The highest BCUT2D eigenvalue weighted by atomic mass is 16.2. The molecule has 6 heteroatoms. The molecule has 5 rings (SSSR count). The first-order chi connectivity index (χ1) is 15.1. The molecule has 1 aromatic heterocycles. The number of pyridine rings is 1. The minimum Gasteiger partial charge on any atom is -0.358 e. The highest BCUT2D eigenvalue weighted by molar-refractivity contribution is 6.07. The Bertz CT molecular complexity index is 1140. The molecule has 6 nitrogen and oxygen atoms in total. The Morgan fingerprint density at radius 2 is 1.87 bits per heavy atom. The maximum atomic E-state index is 13.0. The number of nitrogens with one attached hydrogen (secondary N) is 2. The van der Waals surface area contributed by atoms with Crippen LogP contribution < -0.4 is 10.6 Å². The fourth-order valence-corrected chi connectivity index (χ4v) is 4.05. The number of benzene rings is 2. The Kier molecular flexibility index (Phi) is 5.06. The number of rotatable bonds is 6. The normalized spacial score (nSPS) is 18.4. The van der Waals surface area contributed by atoms with E-state index in [-0.39, 0.29) is 23.9 Å². The predicted molar refractivity (Wildman–Crippen MR) is 121 cm³/mol. The van der Waals surface area contributed by atoms with Crippen molar-refractivity contribution in [3.63, 3.8) is 0 Å². The molecule has 0 bridgehead atoms. The van der Waals surface area contributed by atoms with Crippen LogP contribution in [-0.4, -0.2) is 40.3 Å². The SMILES string of the molecule is Cc1ccc(CN2CCC(Nc3cc(C(=O)NC4CC4)c4ccccc4n3)C2=O)cc1. The molecular formula is C25H26N4O2. The summed E-state index contributed by atoms with van der Waals surface area (Å²) in [6.07, 6.45) is 2.78. The maximum Gasteiger partial charge on any atom is 0.252 e. The average Bonchev–Trinajstić information content (AvgIpc) is 3.53. The molecule has 3 aromatic rings. The monoisotopic (exact) mass is 414 g/mol. The van der Waals surface area contributed by atoms with E-state index in [1.165, 1.54) is 5.56 Å². The Morgan fingerprint density at radius 3 is 2.65 bits per heavy atom. The van der Waals surface area contributed by atoms with Crippen LogP contribution in [0.15, 0.2) is 54.6 Å². The maximum absolute atomic E-state index is 13.0. The molecule has 2 aliphatic rings. The van der Waals surface area contributed by atoms with E-state index >= 15 is 0 Å². The lowest BCUT2D eigenvalue weighted by Gasteiger charge is -2.18. The molecule has 1 aliphatic heterocycles. The molecule has 1 saturated heterocycles. The van der Waals surface area contributed by atoms with Crippen LogP contribution >= 0.6 is 0 Å². The first kappa shape index (κ1) is 19.5.